The Morgan fingerprint density at radius 3 is 1.05 bits per heavy atom. The molecule has 444 valence electrons. The van der Waals surface area contributed by atoms with Gasteiger partial charge in [-0.05, 0) is 116 Å². The van der Waals surface area contributed by atoms with Crippen LogP contribution < -0.4 is 0 Å². The second-order valence-corrected chi connectivity index (χ2v) is 20.9. The summed E-state index contributed by atoms with van der Waals surface area (Å²) < 4.78 is 22.8. The zero-order valence-corrected chi connectivity index (χ0v) is 50.5. The normalized spacial score (nSPS) is 13.9. The van der Waals surface area contributed by atoms with Crippen molar-refractivity contribution >= 4 is 17.9 Å². The fourth-order valence-electron chi connectivity index (χ4n) is 7.65. The Balaban J connectivity index is 4.37. The Hall–Kier alpha value is -5.09. The van der Waals surface area contributed by atoms with Crippen LogP contribution in [0.3, 0.4) is 0 Å². The number of likely N-dealkylation sites (N-methyl/N-ethyl adjacent to an activating group) is 1. The lowest BCUT2D eigenvalue weighted by atomic mass is 10.0. The van der Waals surface area contributed by atoms with Crippen molar-refractivity contribution in [3.63, 3.8) is 0 Å². The van der Waals surface area contributed by atoms with Crippen LogP contribution in [-0.4, -0.2) is 87.4 Å². The van der Waals surface area contributed by atoms with Crippen molar-refractivity contribution in [1.82, 2.24) is 0 Å². The van der Waals surface area contributed by atoms with Crippen LogP contribution in [0.15, 0.2) is 158 Å². The van der Waals surface area contributed by atoms with Crippen molar-refractivity contribution in [2.24, 2.45) is 0 Å². The van der Waals surface area contributed by atoms with Crippen LogP contribution in [0.4, 0.5) is 0 Å². The highest BCUT2D eigenvalue weighted by atomic mass is 16.7. The van der Waals surface area contributed by atoms with E-state index in [-0.39, 0.29) is 38.6 Å². The summed E-state index contributed by atoms with van der Waals surface area (Å²) in [6.45, 7) is 4.56. The second kappa shape index (κ2) is 59.0. The van der Waals surface area contributed by atoms with Gasteiger partial charge in [-0.3, -0.25) is 9.59 Å². The van der Waals surface area contributed by atoms with Gasteiger partial charge in [-0.25, -0.2) is 4.79 Å². The molecule has 1 N–H and O–H groups in total. The summed E-state index contributed by atoms with van der Waals surface area (Å²) in [5, 5.41) is 9.72. The fourth-order valence-corrected chi connectivity index (χ4v) is 7.65. The smallest absolute Gasteiger partial charge is 0.361 e. The Morgan fingerprint density at radius 2 is 0.696 bits per heavy atom. The largest absolute Gasteiger partial charge is 0.477 e. The molecule has 2 unspecified atom stereocenters. The SMILES string of the molecule is CC/C=C\C/C=C\C/C=C\C/C=C\C/C=C\C/C=C\C/C=C\C/C=C\C/C=C\CCCC(=O)OC(COC(=O)CCCCCCCCCCCCCC/C=C\C/C=C\C/C=C\C/C=C\CC)COC(OCC[N+](C)(C)C)C(=O)O. The van der Waals surface area contributed by atoms with Crippen molar-refractivity contribution in [3.05, 3.63) is 158 Å². The predicted octanol–water partition coefficient (Wildman–Crippen LogP) is 18.6. The number of carbonyl (C=O) groups is 3. The maximum atomic E-state index is 12.9. The molecule has 0 spiro atoms. The molecule has 9 nitrogen and oxygen atoms in total. The van der Waals surface area contributed by atoms with E-state index in [4.69, 9.17) is 18.9 Å². The number of carboxylic acid groups (broad SMARTS) is 1. The number of allylic oxidation sites excluding steroid dienone is 26. The highest BCUT2D eigenvalue weighted by Gasteiger charge is 2.25. The maximum absolute atomic E-state index is 12.9. The average Bonchev–Trinajstić information content (AvgIpc) is 3.42. The summed E-state index contributed by atoms with van der Waals surface area (Å²) in [7, 11) is 5.94. The van der Waals surface area contributed by atoms with Crippen LogP contribution in [-0.2, 0) is 33.3 Å². The van der Waals surface area contributed by atoms with Crippen LogP contribution in [0, 0.1) is 0 Å². The molecule has 0 saturated heterocycles. The van der Waals surface area contributed by atoms with Crippen molar-refractivity contribution in [2.45, 2.75) is 219 Å². The zero-order valence-electron chi connectivity index (χ0n) is 50.5. The first-order valence-corrected chi connectivity index (χ1v) is 30.6. The van der Waals surface area contributed by atoms with Gasteiger partial charge in [-0.1, -0.05) is 236 Å². The molecule has 9 heteroatoms. The van der Waals surface area contributed by atoms with E-state index < -0.39 is 24.3 Å². The molecule has 0 aromatic heterocycles. The van der Waals surface area contributed by atoms with Gasteiger partial charge < -0.3 is 28.5 Å². The number of rotatable bonds is 54. The van der Waals surface area contributed by atoms with E-state index in [2.05, 4.69) is 172 Å². The minimum absolute atomic E-state index is 0.167. The summed E-state index contributed by atoms with van der Waals surface area (Å²) in [4.78, 5) is 37.5. The molecule has 0 aromatic carbocycles. The monoisotopic (exact) mass is 1090 g/mol. The van der Waals surface area contributed by atoms with Gasteiger partial charge in [-0.15, -0.1) is 0 Å². The van der Waals surface area contributed by atoms with Crippen LogP contribution in [0.1, 0.15) is 206 Å². The minimum atomic E-state index is -1.54. The van der Waals surface area contributed by atoms with E-state index in [1.54, 1.807) is 0 Å². The van der Waals surface area contributed by atoms with E-state index >= 15 is 0 Å². The summed E-state index contributed by atoms with van der Waals surface area (Å²) in [6, 6.07) is 0. The number of hydrogen-bond donors (Lipinski definition) is 1. The lowest BCUT2D eigenvalue weighted by molar-refractivity contribution is -0.870. The van der Waals surface area contributed by atoms with Gasteiger partial charge in [0.1, 0.15) is 13.2 Å². The molecular formula is C70H112NO8+. The predicted molar refractivity (Wildman–Crippen MR) is 336 cm³/mol. The number of hydrogen-bond acceptors (Lipinski definition) is 7. The zero-order chi connectivity index (χ0) is 57.6. The lowest BCUT2D eigenvalue weighted by Gasteiger charge is -2.25. The lowest BCUT2D eigenvalue weighted by Crippen LogP contribution is -2.40. The Labute approximate surface area is 483 Å². The van der Waals surface area contributed by atoms with Crippen molar-refractivity contribution in [3.8, 4) is 0 Å². The van der Waals surface area contributed by atoms with Gasteiger partial charge in [0.05, 0.1) is 34.4 Å². The molecule has 0 fully saturated rings. The van der Waals surface area contributed by atoms with Gasteiger partial charge >= 0.3 is 17.9 Å². The Bertz CT molecular complexity index is 1850. The van der Waals surface area contributed by atoms with E-state index in [9.17, 15) is 19.5 Å². The van der Waals surface area contributed by atoms with Gasteiger partial charge in [-0.2, -0.15) is 0 Å². The third-order valence-corrected chi connectivity index (χ3v) is 12.3. The first kappa shape index (κ1) is 73.9. The Kier molecular flexibility index (Phi) is 55.2. The molecule has 0 heterocycles. The molecule has 0 saturated carbocycles. The number of unbranched alkanes of at least 4 members (excludes halogenated alkanes) is 13. The van der Waals surface area contributed by atoms with Crippen molar-refractivity contribution in [1.29, 1.82) is 0 Å². The first-order valence-electron chi connectivity index (χ1n) is 30.6. The Morgan fingerprint density at radius 1 is 0.380 bits per heavy atom. The summed E-state index contributed by atoms with van der Waals surface area (Å²) >= 11 is 0. The molecule has 0 bridgehead atoms. The van der Waals surface area contributed by atoms with Crippen LogP contribution in [0.2, 0.25) is 0 Å². The topological polar surface area (TPSA) is 108 Å². The first-order chi connectivity index (χ1) is 38.6. The quantitative estimate of drug-likeness (QED) is 0.0211. The average molecular weight is 1100 g/mol. The molecule has 0 amide bonds. The number of ether oxygens (including phenoxy) is 4. The highest BCUT2D eigenvalue weighted by Crippen LogP contribution is 2.14. The molecule has 0 aromatic rings. The molecule has 0 radical (unpaired) electrons. The molecule has 0 aliphatic rings. The number of nitrogens with zero attached hydrogens (tertiary/aromatic N) is 1. The summed E-state index contributed by atoms with van der Waals surface area (Å²) in [5.41, 5.74) is 0. The number of carboxylic acids is 1. The van der Waals surface area contributed by atoms with Crippen LogP contribution in [0.5, 0.6) is 0 Å². The molecule has 0 rings (SSSR count). The van der Waals surface area contributed by atoms with Crippen molar-refractivity contribution < 1.29 is 42.9 Å². The highest BCUT2D eigenvalue weighted by molar-refractivity contribution is 5.71. The third-order valence-electron chi connectivity index (χ3n) is 12.3. The van der Waals surface area contributed by atoms with Gasteiger partial charge in [0.15, 0.2) is 6.10 Å². The summed E-state index contributed by atoms with van der Waals surface area (Å²) in [5.74, 6) is -2.11. The van der Waals surface area contributed by atoms with Crippen LogP contribution >= 0.6 is 0 Å². The maximum Gasteiger partial charge on any atom is 0.361 e. The molecule has 0 aliphatic heterocycles. The number of aliphatic carboxylic acids is 1. The van der Waals surface area contributed by atoms with E-state index in [0.29, 0.717) is 23.9 Å². The number of esters is 2. The van der Waals surface area contributed by atoms with E-state index in [0.717, 1.165) is 103 Å². The van der Waals surface area contributed by atoms with Gasteiger partial charge in [0, 0.05) is 12.8 Å². The number of carbonyl (C=O) groups excluding carboxylic acids is 2. The van der Waals surface area contributed by atoms with Crippen molar-refractivity contribution in [2.75, 3.05) is 47.5 Å². The molecule has 2 atom stereocenters. The van der Waals surface area contributed by atoms with Gasteiger partial charge in [0.2, 0.25) is 0 Å². The van der Waals surface area contributed by atoms with E-state index in [1.807, 2.05) is 21.1 Å². The van der Waals surface area contributed by atoms with Crippen LogP contribution in [0.25, 0.3) is 0 Å². The molecule has 0 aliphatic carbocycles. The molecular weight excluding hydrogens is 983 g/mol. The van der Waals surface area contributed by atoms with E-state index in [1.165, 1.54) is 64.2 Å². The minimum Gasteiger partial charge on any atom is -0.477 e. The second-order valence-electron chi connectivity index (χ2n) is 20.9. The summed E-state index contributed by atoms with van der Waals surface area (Å²) in [6.07, 6.45) is 84.8. The number of quaternary nitrogens is 1. The molecule has 79 heavy (non-hydrogen) atoms. The fraction of sp³-hybridized carbons (Fsp3) is 0.586. The standard InChI is InChI=1S/C70H111NO8/c1-6-8-10-12-14-16-18-20-22-24-26-28-30-32-33-34-35-37-39-41-43-45-47-49-51-53-55-57-59-61-68(73)79-66(65-78-70(69(74)75)76-63-62-71(3,4)5)64-77-67(72)60-58-56-54-52-50-48-46-44-42-40-38-36-31-29-27-25-23-21-19-17-15-13-11-9-7-2/h8-11,14-17,20-23,26-29,32-33,35,37,41,43,47,49,53,55,66,70H,6-7,12-13,18-19,24-25,30-31,34,36,38-40,42,44-46,48,50-52,54,56-65H2,1-5H3/p+1/b10-8-,11-9-,16-14-,17-15-,22-20-,23-21-,28-26-,29-27-,33-32-,37-35-,43-41-,49-47-,55-53-. The van der Waals surface area contributed by atoms with Gasteiger partial charge in [0.25, 0.3) is 6.29 Å². The third kappa shape index (κ3) is 60.4.